The van der Waals surface area contributed by atoms with Crippen LogP contribution in [0, 0.1) is 6.92 Å². The van der Waals surface area contributed by atoms with E-state index in [2.05, 4.69) is 19.4 Å². The molecule has 1 aliphatic rings. The van der Waals surface area contributed by atoms with Gasteiger partial charge in [-0.2, -0.15) is 0 Å². The highest BCUT2D eigenvalue weighted by Gasteiger charge is 2.22. The fraction of sp³-hybridized carbons (Fsp3) is 0.368. The van der Waals surface area contributed by atoms with E-state index in [0.717, 1.165) is 61.6 Å². The third-order valence-electron chi connectivity index (χ3n) is 5.04. The van der Waals surface area contributed by atoms with Crippen molar-refractivity contribution in [2.45, 2.75) is 13.5 Å². The Morgan fingerprint density at radius 1 is 1.16 bits per heavy atom. The van der Waals surface area contributed by atoms with Gasteiger partial charge in [0.25, 0.3) is 5.91 Å². The van der Waals surface area contributed by atoms with Crippen molar-refractivity contribution in [2.24, 2.45) is 0 Å². The van der Waals surface area contributed by atoms with Crippen LogP contribution in [0.15, 0.2) is 42.9 Å². The van der Waals surface area contributed by atoms with Gasteiger partial charge in [0.05, 0.1) is 0 Å². The highest BCUT2D eigenvalue weighted by molar-refractivity contribution is 5.98. The molecule has 1 aromatic carbocycles. The van der Waals surface area contributed by atoms with Crippen molar-refractivity contribution < 1.29 is 4.79 Å². The van der Waals surface area contributed by atoms with Gasteiger partial charge in [-0.3, -0.25) is 9.69 Å². The smallest absolute Gasteiger partial charge is 0.254 e. The number of nitrogens with one attached hydrogen (secondary N) is 1. The molecule has 0 aliphatic carbocycles. The SMILES string of the molecule is Cc1nccn1CCN1CCN(C(=O)c2ccc3cc[nH]c3c2)CC1. The standard InChI is InChI=1S/C19H23N5O/c1-15-20-6-7-23(15)11-8-22-9-12-24(13-10-22)19(25)17-3-2-16-4-5-21-18(16)14-17/h2-7,14,21H,8-13H2,1H3. The summed E-state index contributed by atoms with van der Waals surface area (Å²) in [7, 11) is 0. The Kier molecular flexibility index (Phi) is 4.28. The first kappa shape index (κ1) is 15.9. The molecular formula is C19H23N5O. The molecule has 0 spiro atoms. The zero-order valence-corrected chi connectivity index (χ0v) is 14.5. The predicted octanol–water partition coefficient (Wildman–Crippen LogP) is 2.13. The van der Waals surface area contributed by atoms with Crippen LogP contribution in [0.5, 0.6) is 0 Å². The lowest BCUT2D eigenvalue weighted by Crippen LogP contribution is -2.49. The lowest BCUT2D eigenvalue weighted by Gasteiger charge is -2.34. The van der Waals surface area contributed by atoms with E-state index >= 15 is 0 Å². The Labute approximate surface area is 147 Å². The van der Waals surface area contributed by atoms with Crippen molar-refractivity contribution in [3.8, 4) is 0 Å². The summed E-state index contributed by atoms with van der Waals surface area (Å²) in [6, 6.07) is 7.89. The lowest BCUT2D eigenvalue weighted by atomic mass is 10.1. The van der Waals surface area contributed by atoms with Gasteiger partial charge in [-0.25, -0.2) is 4.98 Å². The first-order valence-electron chi connectivity index (χ1n) is 8.77. The van der Waals surface area contributed by atoms with E-state index in [1.807, 2.05) is 54.7 Å². The number of benzene rings is 1. The number of aryl methyl sites for hydroxylation is 1. The van der Waals surface area contributed by atoms with Crippen LogP contribution < -0.4 is 0 Å². The second kappa shape index (κ2) is 6.72. The maximum Gasteiger partial charge on any atom is 0.254 e. The van der Waals surface area contributed by atoms with Gasteiger partial charge in [-0.15, -0.1) is 0 Å². The van der Waals surface area contributed by atoms with Gasteiger partial charge in [0.1, 0.15) is 5.82 Å². The molecule has 0 saturated carbocycles. The molecular weight excluding hydrogens is 314 g/mol. The van der Waals surface area contributed by atoms with Crippen molar-refractivity contribution in [3.63, 3.8) is 0 Å². The number of imidazole rings is 1. The van der Waals surface area contributed by atoms with E-state index in [9.17, 15) is 4.79 Å². The Morgan fingerprint density at radius 3 is 2.76 bits per heavy atom. The summed E-state index contributed by atoms with van der Waals surface area (Å²) in [5.41, 5.74) is 1.78. The molecule has 3 heterocycles. The minimum atomic E-state index is 0.126. The molecule has 0 radical (unpaired) electrons. The van der Waals surface area contributed by atoms with Crippen LogP contribution in [0.4, 0.5) is 0 Å². The number of aromatic nitrogens is 3. The zero-order valence-electron chi connectivity index (χ0n) is 14.5. The monoisotopic (exact) mass is 337 g/mol. The van der Waals surface area contributed by atoms with Gasteiger partial charge >= 0.3 is 0 Å². The minimum Gasteiger partial charge on any atom is -0.361 e. The van der Waals surface area contributed by atoms with Gasteiger partial charge in [0.2, 0.25) is 0 Å². The fourth-order valence-electron chi connectivity index (χ4n) is 3.43. The number of rotatable bonds is 4. The molecule has 6 heteroatoms. The first-order chi connectivity index (χ1) is 12.2. The highest BCUT2D eigenvalue weighted by Crippen LogP contribution is 2.16. The number of hydrogen-bond donors (Lipinski definition) is 1. The van der Waals surface area contributed by atoms with Crippen LogP contribution in [-0.2, 0) is 6.54 Å². The Balaban J connectivity index is 1.33. The van der Waals surface area contributed by atoms with E-state index in [1.165, 1.54) is 0 Å². The third-order valence-corrected chi connectivity index (χ3v) is 5.04. The predicted molar refractivity (Wildman–Crippen MR) is 97.6 cm³/mol. The van der Waals surface area contributed by atoms with Crippen LogP contribution in [0.1, 0.15) is 16.2 Å². The van der Waals surface area contributed by atoms with Crippen molar-refractivity contribution in [2.75, 3.05) is 32.7 Å². The average Bonchev–Trinajstić information content (AvgIpc) is 3.27. The molecule has 1 fully saturated rings. The van der Waals surface area contributed by atoms with E-state index in [-0.39, 0.29) is 5.91 Å². The molecule has 1 aliphatic heterocycles. The molecule has 4 rings (SSSR count). The molecule has 1 N–H and O–H groups in total. The minimum absolute atomic E-state index is 0.126. The number of nitrogens with zero attached hydrogens (tertiary/aromatic N) is 4. The third kappa shape index (κ3) is 3.30. The number of hydrogen-bond acceptors (Lipinski definition) is 3. The highest BCUT2D eigenvalue weighted by atomic mass is 16.2. The first-order valence-corrected chi connectivity index (χ1v) is 8.77. The second-order valence-corrected chi connectivity index (χ2v) is 6.58. The van der Waals surface area contributed by atoms with Crippen LogP contribution in [0.3, 0.4) is 0 Å². The molecule has 1 saturated heterocycles. The average molecular weight is 337 g/mol. The number of amides is 1. The molecule has 2 aromatic heterocycles. The summed E-state index contributed by atoms with van der Waals surface area (Å²) in [5.74, 6) is 1.18. The number of H-pyrrole nitrogens is 1. The number of aromatic amines is 1. The number of fused-ring (bicyclic) bond motifs is 1. The summed E-state index contributed by atoms with van der Waals surface area (Å²) in [5, 5.41) is 1.14. The normalized spacial score (nSPS) is 15.8. The number of carbonyl (C=O) groups excluding carboxylic acids is 1. The maximum absolute atomic E-state index is 12.7. The van der Waals surface area contributed by atoms with E-state index in [1.54, 1.807) is 0 Å². The van der Waals surface area contributed by atoms with Crippen LogP contribution in [0.2, 0.25) is 0 Å². The lowest BCUT2D eigenvalue weighted by molar-refractivity contribution is 0.0633. The molecule has 0 unspecified atom stereocenters. The topological polar surface area (TPSA) is 57.2 Å². The van der Waals surface area contributed by atoms with Gasteiger partial charge < -0.3 is 14.5 Å². The fourth-order valence-corrected chi connectivity index (χ4v) is 3.43. The molecule has 0 atom stereocenters. The van der Waals surface area contributed by atoms with E-state index in [4.69, 9.17) is 0 Å². The summed E-state index contributed by atoms with van der Waals surface area (Å²) in [6.45, 7) is 7.37. The van der Waals surface area contributed by atoms with Crippen molar-refractivity contribution in [3.05, 3.63) is 54.2 Å². The van der Waals surface area contributed by atoms with Gasteiger partial charge in [-0.05, 0) is 30.5 Å². The van der Waals surface area contributed by atoms with E-state index < -0.39 is 0 Å². The largest absolute Gasteiger partial charge is 0.361 e. The summed E-state index contributed by atoms with van der Waals surface area (Å²) in [6.07, 6.45) is 5.76. The molecule has 0 bridgehead atoms. The van der Waals surface area contributed by atoms with Crippen LogP contribution in [0.25, 0.3) is 10.9 Å². The zero-order chi connectivity index (χ0) is 17.2. The van der Waals surface area contributed by atoms with E-state index in [0.29, 0.717) is 0 Å². The molecule has 6 nitrogen and oxygen atoms in total. The van der Waals surface area contributed by atoms with Crippen molar-refractivity contribution >= 4 is 16.8 Å². The summed E-state index contributed by atoms with van der Waals surface area (Å²) < 4.78 is 2.17. The summed E-state index contributed by atoms with van der Waals surface area (Å²) in [4.78, 5) is 24.5. The quantitative estimate of drug-likeness (QED) is 0.793. The van der Waals surface area contributed by atoms with Gasteiger partial charge in [0, 0.05) is 68.9 Å². The molecule has 25 heavy (non-hydrogen) atoms. The van der Waals surface area contributed by atoms with Crippen LogP contribution >= 0.6 is 0 Å². The summed E-state index contributed by atoms with van der Waals surface area (Å²) >= 11 is 0. The van der Waals surface area contributed by atoms with Gasteiger partial charge in [-0.1, -0.05) is 6.07 Å². The van der Waals surface area contributed by atoms with Gasteiger partial charge in [0.15, 0.2) is 0 Å². The number of piperazine rings is 1. The Morgan fingerprint density at radius 2 is 2.00 bits per heavy atom. The van der Waals surface area contributed by atoms with Crippen molar-refractivity contribution in [1.29, 1.82) is 0 Å². The second-order valence-electron chi connectivity index (χ2n) is 6.58. The molecule has 1 amide bonds. The Bertz CT molecular complexity index is 873. The van der Waals surface area contributed by atoms with Crippen LogP contribution in [-0.4, -0.2) is 63.0 Å². The maximum atomic E-state index is 12.7. The van der Waals surface area contributed by atoms with Crippen molar-refractivity contribution in [1.82, 2.24) is 24.3 Å². The molecule has 130 valence electrons. The number of carbonyl (C=O) groups is 1. The molecule has 3 aromatic rings. The Hall–Kier alpha value is -2.60.